The Morgan fingerprint density at radius 2 is 0.718 bits per heavy atom. The van der Waals surface area contributed by atoms with Crippen molar-refractivity contribution in [2.24, 2.45) is 19.8 Å². The third-order valence-corrected chi connectivity index (χ3v) is 17.8. The van der Waals surface area contributed by atoms with E-state index in [1.807, 2.05) is 18.2 Å². The van der Waals surface area contributed by atoms with E-state index in [-0.39, 0.29) is 60.5 Å². The molecular formula is C84H86F16N8O16. The number of benzene rings is 8. The van der Waals surface area contributed by atoms with Crippen molar-refractivity contribution < 1.29 is 147 Å². The van der Waals surface area contributed by atoms with E-state index in [0.717, 1.165) is 102 Å². The van der Waals surface area contributed by atoms with Crippen LogP contribution >= 0.6 is 0 Å². The number of hydrogen-bond acceptors (Lipinski definition) is 20. The van der Waals surface area contributed by atoms with Crippen LogP contribution in [-0.4, -0.2) is 130 Å². The van der Waals surface area contributed by atoms with Crippen LogP contribution in [0.15, 0.2) is 158 Å². The molecule has 2 aromatic heterocycles. The second kappa shape index (κ2) is 45.3. The third-order valence-electron chi connectivity index (χ3n) is 17.8. The fraction of sp³-hybridized carbons (Fsp3) is 0.321. The third kappa shape index (κ3) is 30.3. The molecule has 0 atom stereocenters. The molecule has 24 nitrogen and oxygen atoms in total. The second-order valence-electron chi connectivity index (χ2n) is 26.4. The van der Waals surface area contributed by atoms with Gasteiger partial charge in [0.05, 0.1) is 80.4 Å². The molecule has 5 N–H and O–H groups in total. The average molecular weight is 1770 g/mol. The summed E-state index contributed by atoms with van der Waals surface area (Å²) in [7, 11) is 15.6. The van der Waals surface area contributed by atoms with Gasteiger partial charge < -0.3 is 83.2 Å². The van der Waals surface area contributed by atoms with Crippen LogP contribution < -0.4 is 73.2 Å². The van der Waals surface area contributed by atoms with E-state index in [1.165, 1.54) is 93.3 Å². The Morgan fingerprint density at radius 1 is 0.411 bits per heavy atom. The summed E-state index contributed by atoms with van der Waals surface area (Å²) >= 11 is 0. The van der Waals surface area contributed by atoms with Crippen molar-refractivity contribution >= 4 is 18.2 Å². The zero-order valence-electron chi connectivity index (χ0n) is 68.0. The van der Waals surface area contributed by atoms with Gasteiger partial charge in [0.25, 0.3) is 5.91 Å². The molecule has 670 valence electrons. The first-order valence-corrected chi connectivity index (χ1v) is 36.8. The first-order valence-electron chi connectivity index (χ1n) is 36.8. The average Bonchev–Trinajstić information content (AvgIpc) is 1.62. The zero-order chi connectivity index (χ0) is 91.4. The largest absolute Gasteiger partial charge is 0.573 e. The van der Waals surface area contributed by atoms with Crippen molar-refractivity contribution in [1.29, 1.82) is 0 Å². The zero-order valence-corrected chi connectivity index (χ0v) is 68.0. The van der Waals surface area contributed by atoms with Gasteiger partial charge in [-0.2, -0.15) is 10.2 Å². The van der Waals surface area contributed by atoms with Gasteiger partial charge in [-0.05, 0) is 98.5 Å². The van der Waals surface area contributed by atoms with Gasteiger partial charge in [-0.3, -0.25) is 19.0 Å². The number of halogens is 16. The number of hydrogen-bond donors (Lipinski definition) is 4. The molecule has 0 radical (unpaired) electrons. The molecule has 124 heavy (non-hydrogen) atoms. The predicted octanol–water partition coefficient (Wildman–Crippen LogP) is 18.0. The van der Waals surface area contributed by atoms with Crippen LogP contribution in [0.25, 0.3) is 0 Å². The molecule has 12 rings (SSSR count). The van der Waals surface area contributed by atoms with Gasteiger partial charge in [-0.25, -0.2) is 22.4 Å². The highest BCUT2D eigenvalue weighted by Gasteiger charge is 2.37. The number of methoxy groups -OCH3 is 8. The molecule has 2 saturated carbocycles. The van der Waals surface area contributed by atoms with E-state index < -0.39 is 89.2 Å². The predicted molar refractivity (Wildman–Crippen MR) is 416 cm³/mol. The molecule has 1 amide bonds. The van der Waals surface area contributed by atoms with E-state index in [1.54, 1.807) is 95.0 Å². The van der Waals surface area contributed by atoms with E-state index in [2.05, 4.69) is 39.8 Å². The molecule has 0 bridgehead atoms. The summed E-state index contributed by atoms with van der Waals surface area (Å²) in [6.07, 6.45) is -15.5. The van der Waals surface area contributed by atoms with Crippen LogP contribution in [0.5, 0.6) is 69.0 Å². The lowest BCUT2D eigenvalue weighted by molar-refractivity contribution is -0.276. The number of rotatable bonds is 30. The first kappa shape index (κ1) is 98.3. The van der Waals surface area contributed by atoms with Gasteiger partial charge >= 0.3 is 31.4 Å². The van der Waals surface area contributed by atoms with Crippen LogP contribution in [0, 0.1) is 23.3 Å². The topological polar surface area (TPSA) is 271 Å². The normalized spacial score (nSPS) is 12.2. The number of carbonyl (C=O) groups is 3. The Balaban J connectivity index is 0.000000214. The van der Waals surface area contributed by atoms with Crippen molar-refractivity contribution in [2.45, 2.75) is 109 Å². The van der Waals surface area contributed by atoms with Gasteiger partial charge in [0.2, 0.25) is 0 Å². The van der Waals surface area contributed by atoms with Crippen LogP contribution in [0.3, 0.4) is 0 Å². The lowest BCUT2D eigenvalue weighted by Gasteiger charge is -2.25. The van der Waals surface area contributed by atoms with Gasteiger partial charge in [0.15, 0.2) is 52.6 Å². The Labute approximate surface area is 700 Å². The SMILES string of the molecule is COc1ccc(CN(Cc2cccc(OC(F)(F)F)c2F)C(=O)c2cc(C3CC3)nn2C)c(OC)c1.COc1ccc(CN)c(OC)c1.COc1ccc(CNCc2cccc(OC(F)(F)F)c2F)c(OC)c1.COc1ccc(CNCc2cccc(OC(F)(F)F)c2F)c(OC)c1.Cn1nc(C2CC2)cc1C(=O)O.O=Cc1cccc(OC(F)(F)F)c1F. The van der Waals surface area contributed by atoms with Crippen molar-refractivity contribution in [1.82, 2.24) is 35.1 Å². The molecule has 8 aromatic carbocycles. The molecule has 2 fully saturated rings. The summed E-state index contributed by atoms with van der Waals surface area (Å²) in [6, 6.07) is 38.1. The summed E-state index contributed by atoms with van der Waals surface area (Å²) in [5, 5.41) is 23.2. The molecule has 0 unspecified atom stereocenters. The fourth-order valence-corrected chi connectivity index (χ4v) is 11.5. The van der Waals surface area contributed by atoms with Crippen LogP contribution in [0.1, 0.15) is 119 Å². The Hall–Kier alpha value is -12.9. The van der Waals surface area contributed by atoms with Crippen molar-refractivity contribution in [3.63, 3.8) is 0 Å². The quantitative estimate of drug-likeness (QED) is 0.0241. The van der Waals surface area contributed by atoms with Crippen LogP contribution in [-0.2, 0) is 59.9 Å². The maximum absolute atomic E-state index is 15.0. The van der Waals surface area contributed by atoms with Crippen LogP contribution in [0.2, 0.25) is 0 Å². The number of amides is 1. The monoisotopic (exact) mass is 1770 g/mol. The van der Waals surface area contributed by atoms with Gasteiger partial charge in [-0.1, -0.05) is 60.7 Å². The summed E-state index contributed by atoms with van der Waals surface area (Å²) in [6.45, 7) is 0.853. The highest BCUT2D eigenvalue weighted by atomic mass is 19.4. The first-order chi connectivity index (χ1) is 58.7. The van der Waals surface area contributed by atoms with E-state index in [0.29, 0.717) is 71.5 Å². The van der Waals surface area contributed by atoms with Gasteiger partial charge in [0, 0.05) is 128 Å². The molecule has 2 heterocycles. The fourth-order valence-electron chi connectivity index (χ4n) is 11.5. The van der Waals surface area contributed by atoms with Gasteiger partial charge in [0.1, 0.15) is 57.4 Å². The number of nitrogens with zero attached hydrogens (tertiary/aromatic N) is 5. The molecule has 0 aliphatic heterocycles. The number of aryl methyl sites for hydroxylation is 2. The second-order valence-corrected chi connectivity index (χ2v) is 26.4. The lowest BCUT2D eigenvalue weighted by Crippen LogP contribution is -2.32. The molecule has 0 saturated heterocycles. The van der Waals surface area contributed by atoms with Crippen molar-refractivity contribution in [3.8, 4) is 69.0 Å². The van der Waals surface area contributed by atoms with Crippen LogP contribution in [0.4, 0.5) is 70.2 Å². The Kier molecular flexibility index (Phi) is 35.9. The highest BCUT2D eigenvalue weighted by Crippen LogP contribution is 2.42. The number of aromatic nitrogens is 4. The summed E-state index contributed by atoms with van der Waals surface area (Å²) in [5.74, 6) is -3.88. The minimum atomic E-state index is -5.06. The molecule has 40 heteroatoms. The molecule has 2 aliphatic carbocycles. The maximum Gasteiger partial charge on any atom is 0.573 e. The lowest BCUT2D eigenvalue weighted by atomic mass is 10.1. The smallest absolute Gasteiger partial charge is 0.497 e. The van der Waals surface area contributed by atoms with E-state index in [9.17, 15) is 84.6 Å². The number of ether oxygens (including phenoxy) is 12. The number of carboxylic acid groups (broad SMARTS) is 1. The molecular weight excluding hydrogens is 1680 g/mol. The van der Waals surface area contributed by atoms with Crippen molar-refractivity contribution in [2.75, 3.05) is 56.9 Å². The molecule has 0 spiro atoms. The number of alkyl halides is 12. The number of carboxylic acids is 1. The van der Waals surface area contributed by atoms with Crippen molar-refractivity contribution in [3.05, 3.63) is 248 Å². The Bertz CT molecular complexity index is 5050. The summed E-state index contributed by atoms with van der Waals surface area (Å²) in [4.78, 5) is 35.8. The number of nitrogens with two attached hydrogens (primary N) is 1. The molecule has 10 aromatic rings. The summed E-state index contributed by atoms with van der Waals surface area (Å²) < 4.78 is 262. The van der Waals surface area contributed by atoms with E-state index in [4.69, 9.17) is 48.7 Å². The minimum absolute atomic E-state index is 0.0141. The Morgan fingerprint density at radius 3 is 1.06 bits per heavy atom. The minimum Gasteiger partial charge on any atom is -0.497 e. The van der Waals surface area contributed by atoms with E-state index >= 15 is 0 Å². The van der Waals surface area contributed by atoms with Gasteiger partial charge in [-0.15, -0.1) is 52.7 Å². The number of carbonyl (C=O) groups excluding carboxylic acids is 2. The standard InChI is InChI=1S/C25H25F4N3O4.2C17H17F4NO3.C9H13NO2.C8H4F4O2.C8H10N2O2/c1-31-20(12-19(30-31)15-7-8-15)24(33)32(13-16-9-10-18(34-2)11-22(16)35-3)14-17-5-4-6-21(23(17)26)36-25(27,28)29;2*1-23-13-7-6-11(15(8-13)24-2)9-22-10-12-4-3-5-14(16(12)18)25-17(19,20)21;1-11-8-4-3-7(6-10)9(5-8)12-2;9-7-5(4-13)2-1-3-6(7)14-8(10,11)12;1-10-7(8(11)12)4-6(9-10)5-2-3-5/h4-6,9-12,15H,7-8,13-14H2,1-3H3;2*3-8,22H,9-10H2,1-2H3;3-5H,6,10H2,1-2H3;1-4H;4-5H,2-3H2,1H3,(H,11,12). The number of nitrogens with one attached hydrogen (secondary N) is 2. The number of aromatic carboxylic acids is 1. The maximum atomic E-state index is 15.0. The molecule has 2 aliphatic rings. The highest BCUT2D eigenvalue weighted by molar-refractivity contribution is 5.93. The summed E-state index contributed by atoms with van der Waals surface area (Å²) in [5.41, 5.74) is 10.5. The number of aldehydes is 1.